The lowest BCUT2D eigenvalue weighted by Gasteiger charge is -2.19. The molecule has 0 radical (unpaired) electrons. The van der Waals surface area contributed by atoms with Crippen LogP contribution in [0.5, 0.6) is 0 Å². The van der Waals surface area contributed by atoms with Gasteiger partial charge in [-0.3, -0.25) is 14.6 Å². The number of anilines is 1. The summed E-state index contributed by atoms with van der Waals surface area (Å²) in [5.74, 6) is 0.693. The lowest BCUT2D eigenvalue weighted by atomic mass is 10.2. The first-order chi connectivity index (χ1) is 13.1. The number of hydrogen-bond donors (Lipinski definition) is 2. The minimum absolute atomic E-state index is 0.0369. The monoisotopic (exact) mass is 374 g/mol. The summed E-state index contributed by atoms with van der Waals surface area (Å²) in [4.78, 5) is 29.8. The number of esters is 1. The van der Waals surface area contributed by atoms with Crippen molar-refractivity contribution in [3.63, 3.8) is 0 Å². The van der Waals surface area contributed by atoms with Gasteiger partial charge in [-0.25, -0.2) is 0 Å². The van der Waals surface area contributed by atoms with Gasteiger partial charge in [0.2, 0.25) is 5.91 Å². The molecule has 1 saturated heterocycles. The molecule has 1 heterocycles. The van der Waals surface area contributed by atoms with Gasteiger partial charge in [0.1, 0.15) is 0 Å². The van der Waals surface area contributed by atoms with Crippen molar-refractivity contribution in [1.82, 2.24) is 10.6 Å². The highest BCUT2D eigenvalue weighted by Gasteiger charge is 2.30. The number of guanidine groups is 1. The number of unbranched alkanes of at least 4 members (excludes halogenated alkanes) is 2. The summed E-state index contributed by atoms with van der Waals surface area (Å²) in [6.07, 6.45) is 3.57. The summed E-state index contributed by atoms with van der Waals surface area (Å²) in [5, 5.41) is 6.60. The van der Waals surface area contributed by atoms with Crippen LogP contribution in [0.25, 0.3) is 0 Å². The first kappa shape index (κ1) is 20.7. The molecule has 7 heteroatoms. The van der Waals surface area contributed by atoms with E-state index in [2.05, 4.69) is 20.4 Å². The van der Waals surface area contributed by atoms with Gasteiger partial charge in [-0.15, -0.1) is 0 Å². The van der Waals surface area contributed by atoms with E-state index in [1.165, 1.54) is 7.11 Å². The number of rotatable bonds is 9. The second-order valence-electron chi connectivity index (χ2n) is 6.53. The minimum atomic E-state index is -0.164. The predicted octanol–water partition coefficient (Wildman–Crippen LogP) is 2.08. The molecular weight excluding hydrogens is 344 g/mol. The van der Waals surface area contributed by atoms with E-state index in [0.717, 1.165) is 37.5 Å². The summed E-state index contributed by atoms with van der Waals surface area (Å²) in [6.45, 7) is 4.09. The minimum Gasteiger partial charge on any atom is -0.469 e. The van der Waals surface area contributed by atoms with Gasteiger partial charge in [-0.2, -0.15) is 0 Å². The second-order valence-corrected chi connectivity index (χ2v) is 6.53. The third-order valence-electron chi connectivity index (χ3n) is 4.41. The molecule has 0 saturated carbocycles. The van der Waals surface area contributed by atoms with Crippen LogP contribution in [0.15, 0.2) is 35.3 Å². The fourth-order valence-corrected chi connectivity index (χ4v) is 3.03. The summed E-state index contributed by atoms with van der Waals surface area (Å²) < 4.78 is 4.63. The number of ether oxygens (including phenoxy) is 1. The van der Waals surface area contributed by atoms with E-state index in [9.17, 15) is 9.59 Å². The molecule has 0 spiro atoms. The Hall–Kier alpha value is -2.57. The number of carbonyl (C=O) groups is 2. The van der Waals surface area contributed by atoms with Crippen LogP contribution < -0.4 is 15.5 Å². The summed E-state index contributed by atoms with van der Waals surface area (Å²) in [6, 6.07) is 9.77. The third-order valence-corrected chi connectivity index (χ3v) is 4.41. The van der Waals surface area contributed by atoms with Gasteiger partial charge in [0.05, 0.1) is 13.2 Å². The number of nitrogens with one attached hydrogen (secondary N) is 2. The number of hydrogen-bond acceptors (Lipinski definition) is 4. The van der Waals surface area contributed by atoms with Crippen molar-refractivity contribution in [2.45, 2.75) is 45.1 Å². The maximum atomic E-state index is 12.3. The first-order valence-electron chi connectivity index (χ1n) is 9.61. The van der Waals surface area contributed by atoms with Crippen LogP contribution in [0.4, 0.5) is 5.69 Å². The van der Waals surface area contributed by atoms with Gasteiger partial charge in [0, 0.05) is 38.2 Å². The van der Waals surface area contributed by atoms with Gasteiger partial charge in [0.25, 0.3) is 0 Å². The van der Waals surface area contributed by atoms with Crippen LogP contribution in [0.3, 0.4) is 0 Å². The Morgan fingerprint density at radius 3 is 2.74 bits per heavy atom. The molecule has 1 aliphatic rings. The Morgan fingerprint density at radius 1 is 1.26 bits per heavy atom. The fourth-order valence-electron chi connectivity index (χ4n) is 3.03. The highest BCUT2D eigenvalue weighted by Crippen LogP contribution is 2.20. The molecule has 1 aromatic carbocycles. The van der Waals surface area contributed by atoms with Crippen LogP contribution in [0.1, 0.15) is 39.0 Å². The predicted molar refractivity (Wildman–Crippen MR) is 107 cm³/mol. The van der Waals surface area contributed by atoms with Gasteiger partial charge < -0.3 is 20.3 Å². The molecular formula is C20H30N4O3. The van der Waals surface area contributed by atoms with Gasteiger partial charge >= 0.3 is 5.97 Å². The van der Waals surface area contributed by atoms with E-state index in [4.69, 9.17) is 0 Å². The molecule has 1 atom stereocenters. The molecule has 1 fully saturated rings. The van der Waals surface area contributed by atoms with Crippen LogP contribution in [0, 0.1) is 0 Å². The molecule has 1 amide bonds. The zero-order valence-corrected chi connectivity index (χ0v) is 16.2. The molecule has 0 bridgehead atoms. The van der Waals surface area contributed by atoms with Crippen molar-refractivity contribution in [2.75, 3.05) is 31.6 Å². The van der Waals surface area contributed by atoms with Gasteiger partial charge in [0.15, 0.2) is 5.96 Å². The zero-order valence-electron chi connectivity index (χ0n) is 16.2. The quantitative estimate of drug-likeness (QED) is 0.299. The van der Waals surface area contributed by atoms with Crippen LogP contribution in [0.2, 0.25) is 0 Å². The van der Waals surface area contributed by atoms with E-state index in [0.29, 0.717) is 25.9 Å². The molecule has 148 valence electrons. The largest absolute Gasteiger partial charge is 0.469 e. The smallest absolute Gasteiger partial charge is 0.305 e. The average Bonchev–Trinajstić information content (AvgIpc) is 3.05. The zero-order chi connectivity index (χ0) is 19.5. The Kier molecular flexibility index (Phi) is 8.61. The Morgan fingerprint density at radius 2 is 2.04 bits per heavy atom. The Labute approximate surface area is 161 Å². The van der Waals surface area contributed by atoms with E-state index in [-0.39, 0.29) is 17.9 Å². The van der Waals surface area contributed by atoms with Crippen molar-refractivity contribution >= 4 is 23.5 Å². The van der Waals surface area contributed by atoms with Crippen LogP contribution >= 0.6 is 0 Å². The molecule has 27 heavy (non-hydrogen) atoms. The highest BCUT2D eigenvalue weighted by molar-refractivity contribution is 5.97. The van der Waals surface area contributed by atoms with Crippen molar-refractivity contribution < 1.29 is 14.3 Å². The van der Waals surface area contributed by atoms with Crippen molar-refractivity contribution in [3.05, 3.63) is 30.3 Å². The van der Waals surface area contributed by atoms with E-state index < -0.39 is 0 Å². The maximum absolute atomic E-state index is 12.3. The number of aliphatic imine (C=N–C) groups is 1. The fraction of sp³-hybridized carbons (Fsp3) is 0.550. The lowest BCUT2D eigenvalue weighted by molar-refractivity contribution is -0.140. The van der Waals surface area contributed by atoms with E-state index >= 15 is 0 Å². The first-order valence-corrected chi connectivity index (χ1v) is 9.61. The molecule has 0 aromatic heterocycles. The lowest BCUT2D eigenvalue weighted by Crippen LogP contribution is -2.44. The number of methoxy groups -OCH3 is 1. The summed E-state index contributed by atoms with van der Waals surface area (Å²) >= 11 is 0. The summed E-state index contributed by atoms with van der Waals surface area (Å²) in [7, 11) is 1.41. The van der Waals surface area contributed by atoms with Crippen molar-refractivity contribution in [2.24, 2.45) is 4.99 Å². The summed E-state index contributed by atoms with van der Waals surface area (Å²) in [5.41, 5.74) is 0.930. The standard InChI is InChI=1S/C20H30N4O3/c1-3-21-20(22-13-9-5-8-12-19(26)27-2)23-16-14-18(25)24(15-16)17-10-6-4-7-11-17/h4,6-7,10-11,16H,3,5,8-9,12-15H2,1-2H3,(H2,21,22,23). The topological polar surface area (TPSA) is 83.0 Å². The average molecular weight is 374 g/mol. The number of benzene rings is 1. The van der Waals surface area contributed by atoms with Gasteiger partial charge in [-0.05, 0) is 31.9 Å². The molecule has 7 nitrogen and oxygen atoms in total. The molecule has 2 N–H and O–H groups in total. The molecule has 2 rings (SSSR count). The maximum Gasteiger partial charge on any atom is 0.305 e. The van der Waals surface area contributed by atoms with Crippen LogP contribution in [-0.4, -0.2) is 50.6 Å². The Balaban J connectivity index is 1.79. The molecule has 1 aliphatic heterocycles. The Bertz CT molecular complexity index is 633. The number of nitrogens with zero attached hydrogens (tertiary/aromatic N) is 2. The molecule has 0 aliphatic carbocycles. The SMILES string of the molecule is CCNC(=NCCCCCC(=O)OC)NC1CC(=O)N(c2ccccc2)C1. The van der Waals surface area contributed by atoms with E-state index in [1.807, 2.05) is 42.2 Å². The second kappa shape index (κ2) is 11.2. The third kappa shape index (κ3) is 6.92. The van der Waals surface area contributed by atoms with Crippen molar-refractivity contribution in [3.8, 4) is 0 Å². The number of para-hydroxylation sites is 1. The number of carbonyl (C=O) groups excluding carboxylic acids is 2. The van der Waals surface area contributed by atoms with E-state index in [1.54, 1.807) is 0 Å². The van der Waals surface area contributed by atoms with Crippen molar-refractivity contribution in [1.29, 1.82) is 0 Å². The normalized spacial score (nSPS) is 17.1. The van der Waals surface area contributed by atoms with Gasteiger partial charge in [-0.1, -0.05) is 24.6 Å². The molecule has 1 unspecified atom stereocenters. The molecule has 1 aromatic rings. The number of amides is 1. The highest BCUT2D eigenvalue weighted by atomic mass is 16.5. The van der Waals surface area contributed by atoms with Crippen LogP contribution in [-0.2, 0) is 14.3 Å².